The molecule has 0 unspecified atom stereocenters. The van der Waals surface area contributed by atoms with Gasteiger partial charge in [0.15, 0.2) is 5.82 Å². The van der Waals surface area contributed by atoms with Crippen LogP contribution in [0.2, 0.25) is 0 Å². The van der Waals surface area contributed by atoms with E-state index < -0.39 is 0 Å². The molecule has 0 saturated carbocycles. The molecule has 7 heteroatoms. The van der Waals surface area contributed by atoms with Crippen molar-refractivity contribution in [2.75, 3.05) is 17.2 Å². The maximum Gasteiger partial charge on any atom is 0.244 e. The molecule has 27 heavy (non-hydrogen) atoms. The van der Waals surface area contributed by atoms with Crippen LogP contribution in [-0.4, -0.2) is 26.7 Å². The number of halogens is 1. The summed E-state index contributed by atoms with van der Waals surface area (Å²) < 4.78 is 12.9. The van der Waals surface area contributed by atoms with Gasteiger partial charge in [0.25, 0.3) is 0 Å². The number of nitrogens with one attached hydrogen (secondary N) is 3. The summed E-state index contributed by atoms with van der Waals surface area (Å²) in [6, 6.07) is 14.6. The van der Waals surface area contributed by atoms with E-state index >= 15 is 0 Å². The van der Waals surface area contributed by atoms with Crippen LogP contribution < -0.4 is 10.6 Å². The predicted octanol–water partition coefficient (Wildman–Crippen LogP) is 3.76. The Bertz CT molecular complexity index is 1030. The minimum atomic E-state index is -0.252. The van der Waals surface area contributed by atoms with E-state index in [1.807, 2.05) is 18.3 Å². The Morgan fingerprint density at radius 3 is 2.74 bits per heavy atom. The molecule has 0 amide bonds. The van der Waals surface area contributed by atoms with E-state index in [0.29, 0.717) is 18.3 Å². The molecular weight excluding hydrogens is 343 g/mol. The molecule has 0 atom stereocenters. The second-order valence-electron chi connectivity index (χ2n) is 6.18. The molecule has 0 saturated heterocycles. The number of aromatic amines is 1. The first-order valence-electron chi connectivity index (χ1n) is 8.75. The molecule has 2 heterocycles. The highest BCUT2D eigenvalue weighted by Crippen LogP contribution is 2.18. The number of nitrogens with zero attached hydrogens (tertiary/aromatic N) is 3. The second-order valence-corrected chi connectivity index (χ2v) is 6.18. The fourth-order valence-electron chi connectivity index (χ4n) is 2.91. The topological polar surface area (TPSA) is 78.5 Å². The van der Waals surface area contributed by atoms with Crippen molar-refractivity contribution in [1.29, 1.82) is 0 Å². The minimum absolute atomic E-state index is 0.252. The maximum atomic E-state index is 12.9. The Labute approximate surface area is 155 Å². The number of H-pyrrole nitrogens is 1. The van der Waals surface area contributed by atoms with Gasteiger partial charge in [-0.15, -0.1) is 5.10 Å². The Kier molecular flexibility index (Phi) is 4.91. The first kappa shape index (κ1) is 17.0. The number of benzene rings is 2. The van der Waals surface area contributed by atoms with Crippen LogP contribution in [0, 0.1) is 5.82 Å². The number of hydrogen-bond donors (Lipinski definition) is 3. The van der Waals surface area contributed by atoms with Crippen molar-refractivity contribution in [3.8, 4) is 0 Å². The van der Waals surface area contributed by atoms with Crippen LogP contribution in [0.25, 0.3) is 10.9 Å². The maximum absolute atomic E-state index is 12.9. The third kappa shape index (κ3) is 4.20. The first-order valence-corrected chi connectivity index (χ1v) is 8.75. The van der Waals surface area contributed by atoms with Gasteiger partial charge in [0.1, 0.15) is 5.82 Å². The smallest absolute Gasteiger partial charge is 0.244 e. The summed E-state index contributed by atoms with van der Waals surface area (Å²) >= 11 is 0. The van der Waals surface area contributed by atoms with Gasteiger partial charge in [-0.2, -0.15) is 10.1 Å². The Morgan fingerprint density at radius 2 is 1.85 bits per heavy atom. The molecule has 2 aromatic heterocycles. The zero-order valence-corrected chi connectivity index (χ0v) is 14.6. The summed E-state index contributed by atoms with van der Waals surface area (Å²) in [5, 5.41) is 15.6. The van der Waals surface area contributed by atoms with Crippen molar-refractivity contribution in [1.82, 2.24) is 20.2 Å². The first-order chi connectivity index (χ1) is 13.3. The van der Waals surface area contributed by atoms with Gasteiger partial charge in [0.2, 0.25) is 5.95 Å². The standard InChI is InChI=1S/C20H19FN6/c21-16-7-5-14(6-8-16)11-24-20-26-19(13-25-27-20)22-10-9-15-12-23-18-4-2-1-3-17(15)18/h1-8,12-13,23H,9-11H2,(H2,22,24,26,27). The Balaban J connectivity index is 1.33. The van der Waals surface area contributed by atoms with Crippen LogP contribution in [0.15, 0.2) is 60.9 Å². The minimum Gasteiger partial charge on any atom is -0.368 e. The molecule has 0 spiro atoms. The molecule has 0 radical (unpaired) electrons. The lowest BCUT2D eigenvalue weighted by atomic mass is 10.1. The number of rotatable bonds is 7. The van der Waals surface area contributed by atoms with Crippen molar-refractivity contribution in [2.24, 2.45) is 0 Å². The van der Waals surface area contributed by atoms with Crippen LogP contribution in [0.4, 0.5) is 16.2 Å². The van der Waals surface area contributed by atoms with Crippen molar-refractivity contribution >= 4 is 22.7 Å². The molecule has 4 aromatic rings. The summed E-state index contributed by atoms with van der Waals surface area (Å²) in [6.45, 7) is 1.23. The number of aromatic nitrogens is 4. The highest BCUT2D eigenvalue weighted by Gasteiger charge is 2.04. The summed E-state index contributed by atoms with van der Waals surface area (Å²) in [7, 11) is 0. The third-order valence-electron chi connectivity index (χ3n) is 4.30. The molecule has 0 bridgehead atoms. The third-order valence-corrected chi connectivity index (χ3v) is 4.30. The molecular formula is C20H19FN6. The summed E-state index contributed by atoms with van der Waals surface area (Å²) in [4.78, 5) is 7.69. The highest BCUT2D eigenvalue weighted by molar-refractivity contribution is 5.83. The second kappa shape index (κ2) is 7.82. The van der Waals surface area contributed by atoms with Gasteiger partial charge < -0.3 is 15.6 Å². The molecule has 3 N–H and O–H groups in total. The van der Waals surface area contributed by atoms with E-state index in [2.05, 4.69) is 42.9 Å². The van der Waals surface area contributed by atoms with Gasteiger partial charge in [-0.05, 0) is 35.7 Å². The molecule has 0 aliphatic rings. The monoisotopic (exact) mass is 362 g/mol. The highest BCUT2D eigenvalue weighted by atomic mass is 19.1. The molecule has 136 valence electrons. The molecule has 0 fully saturated rings. The fraction of sp³-hybridized carbons (Fsp3) is 0.150. The number of anilines is 2. The van der Waals surface area contributed by atoms with Crippen molar-refractivity contribution in [3.05, 3.63) is 77.9 Å². The number of para-hydroxylation sites is 1. The SMILES string of the molecule is Fc1ccc(CNc2nncc(NCCc3c[nH]c4ccccc34)n2)cc1. The van der Waals surface area contributed by atoms with E-state index in [1.165, 1.54) is 23.1 Å². The lowest BCUT2D eigenvalue weighted by molar-refractivity contribution is 0.627. The Morgan fingerprint density at radius 1 is 1.00 bits per heavy atom. The molecule has 6 nitrogen and oxygen atoms in total. The van der Waals surface area contributed by atoms with Gasteiger partial charge in [0, 0.05) is 30.2 Å². The fourth-order valence-corrected chi connectivity index (χ4v) is 2.91. The van der Waals surface area contributed by atoms with E-state index in [4.69, 9.17) is 0 Å². The normalized spacial score (nSPS) is 10.9. The lowest BCUT2D eigenvalue weighted by Gasteiger charge is -2.07. The van der Waals surface area contributed by atoms with E-state index in [9.17, 15) is 4.39 Å². The quantitative estimate of drug-likeness (QED) is 0.467. The summed E-state index contributed by atoms with van der Waals surface area (Å²) in [5.74, 6) is 0.834. The largest absolute Gasteiger partial charge is 0.368 e. The van der Waals surface area contributed by atoms with E-state index in [0.717, 1.165) is 24.0 Å². The van der Waals surface area contributed by atoms with Crippen LogP contribution in [0.5, 0.6) is 0 Å². The van der Waals surface area contributed by atoms with Gasteiger partial charge >= 0.3 is 0 Å². The van der Waals surface area contributed by atoms with E-state index in [-0.39, 0.29) is 5.82 Å². The van der Waals surface area contributed by atoms with Crippen LogP contribution >= 0.6 is 0 Å². The summed E-state index contributed by atoms with van der Waals surface area (Å²) in [6.07, 6.45) is 4.50. The van der Waals surface area contributed by atoms with Crippen LogP contribution in [0.3, 0.4) is 0 Å². The molecule has 0 aliphatic heterocycles. The average molecular weight is 362 g/mol. The van der Waals surface area contributed by atoms with Crippen LogP contribution in [0.1, 0.15) is 11.1 Å². The molecule has 2 aromatic carbocycles. The van der Waals surface area contributed by atoms with Gasteiger partial charge in [-0.1, -0.05) is 30.3 Å². The Hall–Kier alpha value is -3.48. The lowest BCUT2D eigenvalue weighted by Crippen LogP contribution is -2.10. The zero-order valence-electron chi connectivity index (χ0n) is 14.6. The predicted molar refractivity (Wildman–Crippen MR) is 104 cm³/mol. The summed E-state index contributed by atoms with van der Waals surface area (Å²) in [5.41, 5.74) is 3.34. The average Bonchev–Trinajstić information content (AvgIpc) is 3.11. The van der Waals surface area contributed by atoms with Crippen molar-refractivity contribution < 1.29 is 4.39 Å². The molecule has 0 aliphatic carbocycles. The van der Waals surface area contributed by atoms with Crippen molar-refractivity contribution in [3.63, 3.8) is 0 Å². The van der Waals surface area contributed by atoms with Crippen molar-refractivity contribution in [2.45, 2.75) is 13.0 Å². The number of fused-ring (bicyclic) bond motifs is 1. The zero-order chi connectivity index (χ0) is 18.5. The van der Waals surface area contributed by atoms with Gasteiger partial charge in [-0.25, -0.2) is 4.39 Å². The number of hydrogen-bond acceptors (Lipinski definition) is 5. The van der Waals surface area contributed by atoms with Gasteiger partial charge in [-0.3, -0.25) is 0 Å². The van der Waals surface area contributed by atoms with E-state index in [1.54, 1.807) is 18.3 Å². The van der Waals surface area contributed by atoms with Gasteiger partial charge in [0.05, 0.1) is 6.20 Å². The van der Waals surface area contributed by atoms with Crippen LogP contribution in [-0.2, 0) is 13.0 Å². The molecule has 4 rings (SSSR count).